The summed E-state index contributed by atoms with van der Waals surface area (Å²) in [5, 5.41) is 7.04. The van der Waals surface area contributed by atoms with Crippen LogP contribution in [0.4, 0.5) is 11.4 Å². The van der Waals surface area contributed by atoms with E-state index in [1.54, 1.807) is 0 Å². The van der Waals surface area contributed by atoms with Gasteiger partial charge in [0.05, 0.1) is 0 Å². The Morgan fingerprint density at radius 1 is 1.10 bits per heavy atom. The summed E-state index contributed by atoms with van der Waals surface area (Å²) in [6, 6.07) is 14.5. The Balaban J connectivity index is 2.03. The lowest BCUT2D eigenvalue weighted by molar-refractivity contribution is 1.14. The number of hydrogen-bond donors (Lipinski definition) is 2. The fourth-order valence-electron chi connectivity index (χ4n) is 1.83. The van der Waals surface area contributed by atoms with Gasteiger partial charge < -0.3 is 10.6 Å². The molecule has 0 heterocycles. The molecule has 0 aliphatic rings. The van der Waals surface area contributed by atoms with Crippen LogP contribution in [-0.4, -0.2) is 5.11 Å². The molecule has 2 aromatic carbocycles. The van der Waals surface area contributed by atoms with Gasteiger partial charge in [-0.05, 0) is 83.5 Å². The molecule has 2 aromatic rings. The topological polar surface area (TPSA) is 24.1 Å². The van der Waals surface area contributed by atoms with Crippen LogP contribution in [0.1, 0.15) is 18.1 Å². The molecule has 0 aliphatic heterocycles. The third kappa shape index (κ3) is 4.18. The monoisotopic (exact) mass is 396 g/mol. The second-order valence-corrected chi connectivity index (χ2v) is 6.17. The normalized spacial score (nSPS) is 10.2. The maximum atomic E-state index is 5.35. The van der Waals surface area contributed by atoms with Crippen LogP contribution in [0.15, 0.2) is 42.5 Å². The van der Waals surface area contributed by atoms with Crippen LogP contribution in [0, 0.1) is 10.5 Å². The van der Waals surface area contributed by atoms with Gasteiger partial charge in [0.1, 0.15) is 0 Å². The quantitative estimate of drug-likeness (QED) is 0.566. The first-order valence-corrected chi connectivity index (χ1v) is 8.00. The van der Waals surface area contributed by atoms with Crippen molar-refractivity contribution < 1.29 is 0 Å². The zero-order chi connectivity index (χ0) is 14.5. The van der Waals surface area contributed by atoms with E-state index in [0.29, 0.717) is 5.11 Å². The van der Waals surface area contributed by atoms with E-state index in [1.807, 2.05) is 18.2 Å². The lowest BCUT2D eigenvalue weighted by Gasteiger charge is -2.12. The maximum Gasteiger partial charge on any atom is 0.175 e. The third-order valence-electron chi connectivity index (χ3n) is 3.02. The molecule has 0 amide bonds. The lowest BCUT2D eigenvalue weighted by atomic mass is 10.1. The minimum atomic E-state index is 0.609. The summed E-state index contributed by atoms with van der Waals surface area (Å²) in [4.78, 5) is 0. The van der Waals surface area contributed by atoms with Crippen LogP contribution in [0.2, 0.25) is 0 Å². The molecule has 0 spiro atoms. The highest BCUT2D eigenvalue weighted by molar-refractivity contribution is 14.1. The highest BCUT2D eigenvalue weighted by Gasteiger charge is 2.01. The van der Waals surface area contributed by atoms with Crippen LogP contribution in [0.5, 0.6) is 0 Å². The second-order valence-electron chi connectivity index (χ2n) is 4.60. The molecule has 0 atom stereocenters. The first-order chi connectivity index (χ1) is 9.58. The van der Waals surface area contributed by atoms with Crippen LogP contribution in [0.3, 0.4) is 0 Å². The number of rotatable bonds is 3. The predicted molar refractivity (Wildman–Crippen MR) is 99.6 cm³/mol. The minimum Gasteiger partial charge on any atom is -0.332 e. The SMILES string of the molecule is CCc1cccc(NC(=S)Nc2ccc(C)c(I)c2)c1. The van der Waals surface area contributed by atoms with E-state index in [-0.39, 0.29) is 0 Å². The zero-order valence-electron chi connectivity index (χ0n) is 11.5. The van der Waals surface area contributed by atoms with Crippen molar-refractivity contribution in [1.29, 1.82) is 0 Å². The van der Waals surface area contributed by atoms with E-state index in [2.05, 4.69) is 71.3 Å². The predicted octanol–water partition coefficient (Wildman–Crippen LogP) is 4.97. The fourth-order valence-corrected chi connectivity index (χ4v) is 2.58. The molecule has 0 aliphatic carbocycles. The van der Waals surface area contributed by atoms with E-state index >= 15 is 0 Å². The number of aryl methyl sites for hydroxylation is 2. The Morgan fingerprint density at radius 2 is 1.80 bits per heavy atom. The number of hydrogen-bond acceptors (Lipinski definition) is 1. The molecular weight excluding hydrogens is 379 g/mol. The van der Waals surface area contributed by atoms with Gasteiger partial charge in [-0.1, -0.05) is 25.1 Å². The lowest BCUT2D eigenvalue weighted by Crippen LogP contribution is -2.19. The van der Waals surface area contributed by atoms with Gasteiger partial charge in [-0.3, -0.25) is 0 Å². The number of halogens is 1. The summed E-state index contributed by atoms with van der Waals surface area (Å²) >= 11 is 7.67. The Labute approximate surface area is 139 Å². The molecule has 0 radical (unpaired) electrons. The van der Waals surface area contributed by atoms with Crippen molar-refractivity contribution >= 4 is 51.3 Å². The summed E-state index contributed by atoms with van der Waals surface area (Å²) in [6.45, 7) is 4.24. The van der Waals surface area contributed by atoms with Gasteiger partial charge in [-0.15, -0.1) is 0 Å². The van der Waals surface area contributed by atoms with Crippen molar-refractivity contribution in [3.63, 3.8) is 0 Å². The third-order valence-corrected chi connectivity index (χ3v) is 4.39. The largest absolute Gasteiger partial charge is 0.332 e. The number of nitrogens with one attached hydrogen (secondary N) is 2. The Morgan fingerprint density at radius 3 is 2.45 bits per heavy atom. The molecule has 2 nitrogen and oxygen atoms in total. The molecular formula is C16H17IN2S. The Bertz CT molecular complexity index is 626. The van der Waals surface area contributed by atoms with Crippen LogP contribution >= 0.6 is 34.8 Å². The minimum absolute atomic E-state index is 0.609. The Hall–Kier alpha value is -1.14. The van der Waals surface area contributed by atoms with E-state index in [9.17, 15) is 0 Å². The standard InChI is InChI=1S/C16H17IN2S/c1-3-12-5-4-6-13(9-12)18-16(20)19-14-8-7-11(2)15(17)10-14/h4-10H,3H2,1-2H3,(H2,18,19,20). The molecule has 20 heavy (non-hydrogen) atoms. The van der Waals surface area contributed by atoms with Gasteiger partial charge in [-0.2, -0.15) is 0 Å². The summed E-state index contributed by atoms with van der Waals surface area (Å²) in [6.07, 6.45) is 1.02. The molecule has 0 fully saturated rings. The van der Waals surface area contributed by atoms with Crippen LogP contribution < -0.4 is 10.6 Å². The molecule has 0 bridgehead atoms. The van der Waals surface area contributed by atoms with Crippen molar-refractivity contribution in [2.45, 2.75) is 20.3 Å². The van der Waals surface area contributed by atoms with Crippen molar-refractivity contribution in [2.24, 2.45) is 0 Å². The van der Waals surface area contributed by atoms with Crippen LogP contribution in [-0.2, 0) is 6.42 Å². The van der Waals surface area contributed by atoms with Gasteiger partial charge in [0.25, 0.3) is 0 Å². The first-order valence-electron chi connectivity index (χ1n) is 6.51. The first kappa shape index (κ1) is 15.3. The van der Waals surface area contributed by atoms with E-state index in [4.69, 9.17) is 12.2 Å². The summed E-state index contributed by atoms with van der Waals surface area (Å²) in [5.41, 5.74) is 4.58. The second kappa shape index (κ2) is 7.04. The van der Waals surface area contributed by atoms with E-state index < -0.39 is 0 Å². The van der Waals surface area contributed by atoms with Gasteiger partial charge >= 0.3 is 0 Å². The fraction of sp³-hybridized carbons (Fsp3) is 0.188. The van der Waals surface area contributed by atoms with Gasteiger partial charge in [-0.25, -0.2) is 0 Å². The van der Waals surface area contributed by atoms with Crippen molar-refractivity contribution in [2.75, 3.05) is 10.6 Å². The average molecular weight is 396 g/mol. The molecule has 2 rings (SSSR count). The smallest absolute Gasteiger partial charge is 0.175 e. The zero-order valence-corrected chi connectivity index (χ0v) is 14.5. The number of thiocarbonyl (C=S) groups is 1. The number of benzene rings is 2. The summed E-state index contributed by atoms with van der Waals surface area (Å²) < 4.78 is 1.23. The molecule has 104 valence electrons. The van der Waals surface area contributed by atoms with E-state index in [0.717, 1.165) is 17.8 Å². The summed E-state index contributed by atoms with van der Waals surface area (Å²) in [7, 11) is 0. The molecule has 2 N–H and O–H groups in total. The van der Waals surface area contributed by atoms with Gasteiger partial charge in [0.15, 0.2) is 5.11 Å². The van der Waals surface area contributed by atoms with Gasteiger partial charge in [0, 0.05) is 14.9 Å². The molecule has 0 aromatic heterocycles. The Kier molecular flexibility index (Phi) is 5.37. The van der Waals surface area contributed by atoms with Crippen molar-refractivity contribution in [3.05, 3.63) is 57.2 Å². The molecule has 0 saturated heterocycles. The van der Waals surface area contributed by atoms with Gasteiger partial charge in [0.2, 0.25) is 0 Å². The van der Waals surface area contributed by atoms with Crippen LogP contribution in [0.25, 0.3) is 0 Å². The highest BCUT2D eigenvalue weighted by Crippen LogP contribution is 2.18. The molecule has 4 heteroatoms. The highest BCUT2D eigenvalue weighted by atomic mass is 127. The molecule has 0 saturated carbocycles. The van der Waals surface area contributed by atoms with Crippen molar-refractivity contribution in [3.8, 4) is 0 Å². The molecule has 0 unspecified atom stereocenters. The van der Waals surface area contributed by atoms with E-state index in [1.165, 1.54) is 14.7 Å². The summed E-state index contributed by atoms with van der Waals surface area (Å²) in [5.74, 6) is 0. The van der Waals surface area contributed by atoms with Crippen molar-refractivity contribution in [1.82, 2.24) is 0 Å². The number of anilines is 2. The maximum absolute atomic E-state index is 5.35. The average Bonchev–Trinajstić information content (AvgIpc) is 2.43.